The number of nitrogen functional groups attached to an aromatic ring is 1. The van der Waals surface area contributed by atoms with Gasteiger partial charge in [-0.25, -0.2) is 9.97 Å². The summed E-state index contributed by atoms with van der Waals surface area (Å²) < 4.78 is 2.06. The molecule has 0 aliphatic rings. The lowest BCUT2D eigenvalue weighted by atomic mass is 10.1. The number of nitrogens with two attached hydrogens (primary N) is 1. The van der Waals surface area contributed by atoms with Gasteiger partial charge in [-0.05, 0) is 12.0 Å². The Hall–Kier alpha value is -2.43. The van der Waals surface area contributed by atoms with E-state index in [0.717, 1.165) is 23.0 Å². The molecule has 0 radical (unpaired) electrons. The van der Waals surface area contributed by atoms with Gasteiger partial charge < -0.3 is 15.7 Å². The fourth-order valence-electron chi connectivity index (χ4n) is 2.54. The van der Waals surface area contributed by atoms with Crippen molar-refractivity contribution < 1.29 is 0 Å². The Morgan fingerprint density at radius 3 is 2.75 bits per heavy atom. The molecule has 0 bridgehead atoms. The normalized spacial score (nSPS) is 11.6. The summed E-state index contributed by atoms with van der Waals surface area (Å²) >= 11 is 0. The summed E-state index contributed by atoms with van der Waals surface area (Å²) in [7, 11) is 0. The van der Waals surface area contributed by atoms with Gasteiger partial charge in [0.25, 0.3) is 0 Å². The van der Waals surface area contributed by atoms with Crippen LogP contribution in [0.1, 0.15) is 19.7 Å². The number of fused-ring (bicyclic) bond motifs is 3. The van der Waals surface area contributed by atoms with Crippen molar-refractivity contribution in [1.82, 2.24) is 14.5 Å². The molecule has 0 unspecified atom stereocenters. The number of nitrogens with zero attached hydrogens (tertiary/aromatic N) is 3. The summed E-state index contributed by atoms with van der Waals surface area (Å²) in [4.78, 5) is 8.86. The van der Waals surface area contributed by atoms with Crippen molar-refractivity contribution in [2.75, 3.05) is 5.73 Å². The van der Waals surface area contributed by atoms with Gasteiger partial charge in [-0.1, -0.05) is 32.0 Å². The lowest BCUT2D eigenvalue weighted by molar-refractivity contribution is 0.531. The van der Waals surface area contributed by atoms with Crippen molar-refractivity contribution in [3.63, 3.8) is 0 Å². The van der Waals surface area contributed by atoms with Crippen LogP contribution in [0.2, 0.25) is 0 Å². The molecule has 0 atom stereocenters. The zero-order chi connectivity index (χ0) is 14.3. The molecule has 20 heavy (non-hydrogen) atoms. The molecule has 0 aliphatic carbocycles. The highest BCUT2D eigenvalue weighted by molar-refractivity contribution is 6.07. The second kappa shape index (κ2) is 4.59. The van der Waals surface area contributed by atoms with Gasteiger partial charge in [0.05, 0.1) is 17.2 Å². The molecule has 0 amide bonds. The van der Waals surface area contributed by atoms with Crippen LogP contribution in [0, 0.1) is 11.3 Å². The maximum absolute atomic E-state index is 7.57. The van der Waals surface area contributed by atoms with E-state index in [1.807, 2.05) is 24.3 Å². The van der Waals surface area contributed by atoms with Crippen LogP contribution >= 0.6 is 0 Å². The fraction of sp³-hybridized carbons (Fsp3) is 0.267. The molecule has 3 N–H and O–H groups in total. The number of pyridine rings is 1. The Morgan fingerprint density at radius 2 is 2.05 bits per heavy atom. The van der Waals surface area contributed by atoms with Gasteiger partial charge in [0.15, 0.2) is 11.6 Å². The predicted octanol–water partition coefficient (Wildman–Crippen LogP) is 2.82. The Labute approximate surface area is 117 Å². The van der Waals surface area contributed by atoms with Gasteiger partial charge in [0, 0.05) is 11.9 Å². The van der Waals surface area contributed by atoms with E-state index in [1.165, 1.54) is 6.21 Å². The maximum Gasteiger partial charge on any atom is 0.152 e. The van der Waals surface area contributed by atoms with E-state index in [9.17, 15) is 0 Å². The largest absolute Gasteiger partial charge is 0.382 e. The molecule has 5 heteroatoms. The first-order valence-corrected chi connectivity index (χ1v) is 6.66. The molecule has 0 spiro atoms. The monoisotopic (exact) mass is 267 g/mol. The third-order valence-electron chi connectivity index (χ3n) is 3.32. The summed E-state index contributed by atoms with van der Waals surface area (Å²) in [6.45, 7) is 5.09. The first kappa shape index (κ1) is 12.6. The Balaban J connectivity index is 2.48. The number of hydrogen-bond acceptors (Lipinski definition) is 4. The van der Waals surface area contributed by atoms with Gasteiger partial charge >= 0.3 is 0 Å². The van der Waals surface area contributed by atoms with E-state index < -0.39 is 0 Å². The number of para-hydroxylation sites is 1. The average Bonchev–Trinajstić information content (AvgIpc) is 2.78. The van der Waals surface area contributed by atoms with Gasteiger partial charge in [-0.2, -0.15) is 0 Å². The number of hydrogen-bond donors (Lipinski definition) is 2. The minimum Gasteiger partial charge on any atom is -0.382 e. The molecular formula is C15H17N5. The third kappa shape index (κ3) is 1.82. The third-order valence-corrected chi connectivity index (χ3v) is 3.32. The minimum absolute atomic E-state index is 0.421. The van der Waals surface area contributed by atoms with Gasteiger partial charge in [0.2, 0.25) is 0 Å². The van der Waals surface area contributed by atoms with Crippen molar-refractivity contribution in [2.45, 2.75) is 20.4 Å². The van der Waals surface area contributed by atoms with Crippen LogP contribution in [0.5, 0.6) is 0 Å². The molecule has 0 saturated heterocycles. The SMILES string of the molecule is CC(C)Cn1c(C=N)nc2c(N)nc3ccccc3c21. The Kier molecular flexibility index (Phi) is 2.89. The highest BCUT2D eigenvalue weighted by Gasteiger charge is 2.16. The van der Waals surface area contributed by atoms with E-state index in [2.05, 4.69) is 28.4 Å². The number of nitrogens with one attached hydrogen (secondary N) is 1. The summed E-state index contributed by atoms with van der Waals surface area (Å²) in [5.74, 6) is 1.50. The van der Waals surface area contributed by atoms with Crippen LogP contribution in [0.25, 0.3) is 21.9 Å². The van der Waals surface area contributed by atoms with Crippen molar-refractivity contribution in [2.24, 2.45) is 5.92 Å². The summed E-state index contributed by atoms with van der Waals surface area (Å²) in [6, 6.07) is 7.90. The maximum atomic E-state index is 7.57. The lowest BCUT2D eigenvalue weighted by Gasteiger charge is -2.11. The highest BCUT2D eigenvalue weighted by atomic mass is 15.1. The number of imidazole rings is 1. The quantitative estimate of drug-likeness (QED) is 0.716. The van der Waals surface area contributed by atoms with Gasteiger partial charge in [0.1, 0.15) is 5.52 Å². The summed E-state index contributed by atoms with van der Waals surface area (Å²) in [5, 5.41) is 8.60. The van der Waals surface area contributed by atoms with Crippen LogP contribution in [0.15, 0.2) is 24.3 Å². The molecule has 5 nitrogen and oxygen atoms in total. The number of benzene rings is 1. The molecule has 3 rings (SSSR count). The highest BCUT2D eigenvalue weighted by Crippen LogP contribution is 2.28. The number of anilines is 1. The standard InChI is InChI=1S/C15H17N5/c1-9(2)8-20-12(7-16)19-13-14(20)10-5-3-4-6-11(10)18-15(13)17/h3-7,9,16H,8H2,1-2H3,(H2,17,18). The molecule has 1 aromatic carbocycles. The van der Waals surface area contributed by atoms with Gasteiger partial charge in [-0.3, -0.25) is 0 Å². The van der Waals surface area contributed by atoms with Crippen molar-refractivity contribution in [3.05, 3.63) is 30.1 Å². The molecular weight excluding hydrogens is 250 g/mol. The molecule has 0 fully saturated rings. The number of rotatable bonds is 3. The van der Waals surface area contributed by atoms with E-state index in [4.69, 9.17) is 11.1 Å². The van der Waals surface area contributed by atoms with E-state index >= 15 is 0 Å². The second-order valence-corrected chi connectivity index (χ2v) is 5.33. The zero-order valence-corrected chi connectivity index (χ0v) is 11.6. The zero-order valence-electron chi connectivity index (χ0n) is 11.6. The minimum atomic E-state index is 0.421. The second-order valence-electron chi connectivity index (χ2n) is 5.33. The van der Waals surface area contributed by atoms with Crippen molar-refractivity contribution >= 4 is 34.0 Å². The fourth-order valence-corrected chi connectivity index (χ4v) is 2.54. The molecule has 2 aromatic heterocycles. The van der Waals surface area contributed by atoms with Crippen molar-refractivity contribution in [3.8, 4) is 0 Å². The molecule has 2 heterocycles. The summed E-state index contributed by atoms with van der Waals surface area (Å²) in [5.41, 5.74) is 8.54. The smallest absolute Gasteiger partial charge is 0.152 e. The van der Waals surface area contributed by atoms with Crippen LogP contribution in [-0.2, 0) is 6.54 Å². The van der Waals surface area contributed by atoms with E-state index in [-0.39, 0.29) is 0 Å². The molecule has 102 valence electrons. The van der Waals surface area contributed by atoms with Crippen LogP contribution in [0.3, 0.4) is 0 Å². The molecule has 0 aliphatic heterocycles. The van der Waals surface area contributed by atoms with E-state index in [1.54, 1.807) is 0 Å². The van der Waals surface area contributed by atoms with Crippen LogP contribution in [0.4, 0.5) is 5.82 Å². The molecule has 3 aromatic rings. The Bertz CT molecular complexity index is 801. The topological polar surface area (TPSA) is 80.6 Å². The summed E-state index contributed by atoms with van der Waals surface area (Å²) in [6.07, 6.45) is 1.27. The first-order chi connectivity index (χ1) is 9.61. The lowest BCUT2D eigenvalue weighted by Crippen LogP contribution is -2.08. The Morgan fingerprint density at radius 1 is 1.30 bits per heavy atom. The number of aromatic nitrogens is 3. The predicted molar refractivity (Wildman–Crippen MR) is 82.2 cm³/mol. The van der Waals surface area contributed by atoms with Crippen molar-refractivity contribution in [1.29, 1.82) is 5.41 Å². The van der Waals surface area contributed by atoms with Crippen LogP contribution < -0.4 is 5.73 Å². The first-order valence-electron chi connectivity index (χ1n) is 6.66. The van der Waals surface area contributed by atoms with E-state index in [0.29, 0.717) is 23.1 Å². The average molecular weight is 267 g/mol. The van der Waals surface area contributed by atoms with Gasteiger partial charge in [-0.15, -0.1) is 0 Å². The molecule has 0 saturated carbocycles. The van der Waals surface area contributed by atoms with Crippen LogP contribution in [-0.4, -0.2) is 20.7 Å².